The Bertz CT molecular complexity index is 646. The fraction of sp³-hybridized carbons (Fsp3) is 0.286. The molecule has 0 unspecified atom stereocenters. The van der Waals surface area contributed by atoms with Crippen LogP contribution >= 0.6 is 11.6 Å². The molecule has 0 bridgehead atoms. The Hall–Kier alpha value is -2.02. The van der Waals surface area contributed by atoms with Crippen molar-refractivity contribution in [3.63, 3.8) is 0 Å². The van der Waals surface area contributed by atoms with Gasteiger partial charge in [-0.2, -0.15) is 18.2 Å². The van der Waals surface area contributed by atoms with E-state index in [0.29, 0.717) is 12.5 Å². The van der Waals surface area contributed by atoms with Crippen LogP contribution in [-0.2, 0) is 6.18 Å². The average molecular weight is 331 g/mol. The first-order valence-electron chi connectivity index (χ1n) is 6.61. The molecule has 0 radical (unpaired) electrons. The lowest BCUT2D eigenvalue weighted by atomic mass is 10.1. The second-order valence-electron chi connectivity index (χ2n) is 4.50. The van der Waals surface area contributed by atoms with E-state index in [1.54, 1.807) is 0 Å². The molecule has 0 saturated heterocycles. The summed E-state index contributed by atoms with van der Waals surface area (Å²) in [6.45, 7) is 2.66. The lowest BCUT2D eigenvalue weighted by molar-refractivity contribution is -0.136. The fourth-order valence-corrected chi connectivity index (χ4v) is 1.92. The lowest BCUT2D eigenvalue weighted by Gasteiger charge is -2.14. The van der Waals surface area contributed by atoms with Crippen molar-refractivity contribution in [1.29, 1.82) is 0 Å². The highest BCUT2D eigenvalue weighted by atomic mass is 35.5. The highest BCUT2D eigenvalue weighted by Crippen LogP contribution is 2.37. The van der Waals surface area contributed by atoms with Gasteiger partial charge in [0, 0.05) is 17.8 Å². The maximum atomic E-state index is 13.0. The molecule has 0 aliphatic heterocycles. The summed E-state index contributed by atoms with van der Waals surface area (Å²) in [5.41, 5.74) is -0.960. The quantitative estimate of drug-likeness (QED) is 0.833. The van der Waals surface area contributed by atoms with E-state index in [2.05, 4.69) is 20.6 Å². The van der Waals surface area contributed by atoms with Gasteiger partial charge in [-0.15, -0.1) is 0 Å². The number of halogens is 4. The third-order valence-electron chi connectivity index (χ3n) is 2.74. The number of hydrogen-bond donors (Lipinski definition) is 2. The van der Waals surface area contributed by atoms with Gasteiger partial charge in [0.2, 0.25) is 5.95 Å². The summed E-state index contributed by atoms with van der Waals surface area (Å²) in [7, 11) is 0. The van der Waals surface area contributed by atoms with E-state index in [4.69, 9.17) is 11.6 Å². The first kappa shape index (κ1) is 16.4. The molecule has 22 heavy (non-hydrogen) atoms. The number of nitrogens with one attached hydrogen (secondary N) is 2. The molecule has 8 heteroatoms. The Balaban J connectivity index is 2.27. The minimum absolute atomic E-state index is 0.0193. The van der Waals surface area contributed by atoms with Crippen molar-refractivity contribution in [2.24, 2.45) is 0 Å². The Morgan fingerprint density at radius 1 is 1.23 bits per heavy atom. The summed E-state index contributed by atoms with van der Waals surface area (Å²) in [5, 5.41) is 5.64. The van der Waals surface area contributed by atoms with Gasteiger partial charge in [-0.25, -0.2) is 4.98 Å². The zero-order chi connectivity index (χ0) is 16.2. The SMILES string of the molecule is CCCNc1nccc(Nc2ccc(Cl)cc2C(F)(F)F)n1. The topological polar surface area (TPSA) is 49.8 Å². The van der Waals surface area contributed by atoms with Crippen molar-refractivity contribution >= 4 is 29.1 Å². The second-order valence-corrected chi connectivity index (χ2v) is 4.94. The van der Waals surface area contributed by atoms with Gasteiger partial charge in [0.05, 0.1) is 11.3 Å². The van der Waals surface area contributed by atoms with Crippen LogP contribution in [-0.4, -0.2) is 16.5 Å². The van der Waals surface area contributed by atoms with Crippen molar-refractivity contribution in [3.8, 4) is 0 Å². The van der Waals surface area contributed by atoms with Crippen LogP contribution in [0.25, 0.3) is 0 Å². The number of benzene rings is 1. The molecule has 118 valence electrons. The lowest BCUT2D eigenvalue weighted by Crippen LogP contribution is -2.10. The third kappa shape index (κ3) is 4.24. The third-order valence-corrected chi connectivity index (χ3v) is 2.97. The molecule has 2 N–H and O–H groups in total. The molecule has 2 rings (SSSR count). The summed E-state index contributed by atoms with van der Waals surface area (Å²) in [6.07, 6.45) is -2.16. The Labute approximate surface area is 130 Å². The van der Waals surface area contributed by atoms with Gasteiger partial charge >= 0.3 is 6.18 Å². The van der Waals surface area contributed by atoms with E-state index in [-0.39, 0.29) is 16.5 Å². The van der Waals surface area contributed by atoms with Gasteiger partial charge < -0.3 is 10.6 Å². The minimum Gasteiger partial charge on any atom is -0.354 e. The summed E-state index contributed by atoms with van der Waals surface area (Å²) < 4.78 is 39.1. The number of rotatable bonds is 5. The van der Waals surface area contributed by atoms with Crippen LogP contribution < -0.4 is 10.6 Å². The second kappa shape index (κ2) is 6.83. The molecular weight excluding hydrogens is 317 g/mol. The summed E-state index contributed by atoms with van der Waals surface area (Å²) in [6, 6.07) is 5.02. The fourth-order valence-electron chi connectivity index (χ4n) is 1.75. The highest BCUT2D eigenvalue weighted by Gasteiger charge is 2.33. The Kier molecular flexibility index (Phi) is 5.07. The van der Waals surface area contributed by atoms with Crippen molar-refractivity contribution in [3.05, 3.63) is 41.0 Å². The number of aromatic nitrogens is 2. The van der Waals surface area contributed by atoms with E-state index < -0.39 is 11.7 Å². The number of alkyl halides is 3. The van der Waals surface area contributed by atoms with Crippen LogP contribution in [0.5, 0.6) is 0 Å². The number of anilines is 3. The molecule has 1 heterocycles. The van der Waals surface area contributed by atoms with E-state index in [1.807, 2.05) is 6.92 Å². The van der Waals surface area contributed by atoms with E-state index in [1.165, 1.54) is 24.4 Å². The van der Waals surface area contributed by atoms with Crippen LogP contribution in [0.4, 0.5) is 30.6 Å². The Morgan fingerprint density at radius 3 is 2.68 bits per heavy atom. The standard InChI is InChI=1S/C14H14ClF3N4/c1-2-6-19-13-20-7-5-12(22-13)21-11-4-3-9(15)8-10(11)14(16,17)18/h3-5,7-8H,2,6H2,1H3,(H2,19,20,21,22). The average Bonchev–Trinajstić information content (AvgIpc) is 2.46. The number of nitrogens with zero attached hydrogens (tertiary/aromatic N) is 2. The van der Waals surface area contributed by atoms with Gasteiger partial charge in [0.1, 0.15) is 5.82 Å². The predicted molar refractivity (Wildman–Crippen MR) is 80.5 cm³/mol. The molecule has 2 aromatic rings. The first-order valence-corrected chi connectivity index (χ1v) is 6.98. The van der Waals surface area contributed by atoms with Gasteiger partial charge in [-0.05, 0) is 30.7 Å². The predicted octanol–water partition coefficient (Wildman–Crippen LogP) is 4.71. The van der Waals surface area contributed by atoms with Crippen LogP contribution in [0.2, 0.25) is 5.02 Å². The van der Waals surface area contributed by atoms with Gasteiger partial charge in [-0.1, -0.05) is 18.5 Å². The zero-order valence-electron chi connectivity index (χ0n) is 11.7. The minimum atomic E-state index is -4.51. The van der Waals surface area contributed by atoms with Crippen molar-refractivity contribution in [1.82, 2.24) is 9.97 Å². The molecule has 1 aromatic heterocycles. The molecule has 0 spiro atoms. The van der Waals surface area contributed by atoms with Crippen LogP contribution in [0.15, 0.2) is 30.5 Å². The molecule has 0 atom stereocenters. The van der Waals surface area contributed by atoms with Crippen molar-refractivity contribution < 1.29 is 13.2 Å². The van der Waals surface area contributed by atoms with Gasteiger partial charge in [-0.3, -0.25) is 0 Å². The smallest absolute Gasteiger partial charge is 0.354 e. The normalized spacial score (nSPS) is 11.3. The number of hydrogen-bond acceptors (Lipinski definition) is 4. The molecule has 0 amide bonds. The van der Waals surface area contributed by atoms with Crippen LogP contribution in [0, 0.1) is 0 Å². The molecule has 0 aliphatic carbocycles. The molecular formula is C14H14ClF3N4. The monoisotopic (exact) mass is 330 g/mol. The highest BCUT2D eigenvalue weighted by molar-refractivity contribution is 6.30. The summed E-state index contributed by atoms with van der Waals surface area (Å²) >= 11 is 5.64. The van der Waals surface area contributed by atoms with E-state index in [9.17, 15) is 13.2 Å². The zero-order valence-corrected chi connectivity index (χ0v) is 12.5. The van der Waals surface area contributed by atoms with Gasteiger partial charge in [0.25, 0.3) is 0 Å². The molecule has 4 nitrogen and oxygen atoms in total. The summed E-state index contributed by atoms with van der Waals surface area (Å²) in [5.74, 6) is 0.621. The van der Waals surface area contributed by atoms with E-state index >= 15 is 0 Å². The first-order chi connectivity index (χ1) is 10.4. The molecule has 0 saturated carbocycles. The maximum absolute atomic E-state index is 13.0. The Morgan fingerprint density at radius 2 is 2.00 bits per heavy atom. The molecule has 0 fully saturated rings. The summed E-state index contributed by atoms with van der Waals surface area (Å²) in [4.78, 5) is 8.12. The van der Waals surface area contributed by atoms with Crippen molar-refractivity contribution in [2.45, 2.75) is 19.5 Å². The maximum Gasteiger partial charge on any atom is 0.418 e. The molecule has 0 aliphatic rings. The van der Waals surface area contributed by atoms with Crippen molar-refractivity contribution in [2.75, 3.05) is 17.2 Å². The van der Waals surface area contributed by atoms with E-state index in [0.717, 1.165) is 12.5 Å². The van der Waals surface area contributed by atoms with Gasteiger partial charge in [0.15, 0.2) is 0 Å². The van der Waals surface area contributed by atoms with Crippen LogP contribution in [0.1, 0.15) is 18.9 Å². The van der Waals surface area contributed by atoms with Crippen LogP contribution in [0.3, 0.4) is 0 Å². The molecule has 1 aromatic carbocycles. The largest absolute Gasteiger partial charge is 0.418 e.